The Morgan fingerprint density at radius 1 is 0.911 bits per heavy atom. The third kappa shape index (κ3) is 11.2. The third-order valence-corrected chi connectivity index (χ3v) is 10.7. The molecule has 1 aliphatic heterocycles. The Morgan fingerprint density at radius 3 is 2.38 bits per heavy atom. The van der Waals surface area contributed by atoms with Crippen molar-refractivity contribution in [1.29, 1.82) is 0 Å². The second-order valence-corrected chi connectivity index (χ2v) is 15.2. The summed E-state index contributed by atoms with van der Waals surface area (Å²) in [5.74, 6) is 3.15. The molecular formula is C33H55N8O3P. The van der Waals surface area contributed by atoms with E-state index in [-0.39, 0.29) is 12.2 Å². The number of hydrogen-bond donors (Lipinski definition) is 6. The van der Waals surface area contributed by atoms with Gasteiger partial charge in [-0.05, 0) is 82.0 Å². The number of piperazine rings is 1. The number of nitrogens with zero attached hydrogens (tertiary/aromatic N) is 4. The van der Waals surface area contributed by atoms with Crippen molar-refractivity contribution in [2.75, 3.05) is 74.5 Å². The van der Waals surface area contributed by atoms with Crippen LogP contribution in [0.25, 0.3) is 0 Å². The standard InChI is InChI=1S/C33H55N8O3P/c34-31-22-32(41-19-18-40(20-21-45(42,43)44)30(25-41)28-8-3-1-4-9-28)39-33(38-31)37-24-27-14-12-26(13-15-27)23-35-16-7-17-36-29-10-5-2-6-11-29/h1,3-4,8-9,22,26-27,29-30,35-36H,2,5-7,10-21,23-25H2,(H2,42,43,44)(H3,34,37,38,39). The molecule has 0 spiro atoms. The van der Waals surface area contributed by atoms with Crippen molar-refractivity contribution in [2.24, 2.45) is 11.8 Å². The van der Waals surface area contributed by atoms with Crippen LogP contribution < -0.4 is 26.6 Å². The quantitative estimate of drug-likeness (QED) is 0.122. The molecule has 2 aliphatic carbocycles. The summed E-state index contributed by atoms with van der Waals surface area (Å²) in [6.07, 6.45) is 12.9. The summed E-state index contributed by atoms with van der Waals surface area (Å²) in [6.45, 7) is 6.55. The Kier molecular flexibility index (Phi) is 12.9. The number of anilines is 3. The molecule has 3 fully saturated rings. The molecule has 0 amide bonds. The van der Waals surface area contributed by atoms with Crippen LogP contribution in [0.2, 0.25) is 0 Å². The molecule has 0 bridgehead atoms. The van der Waals surface area contributed by atoms with Crippen LogP contribution >= 0.6 is 7.60 Å². The summed E-state index contributed by atoms with van der Waals surface area (Å²) < 4.78 is 11.6. The van der Waals surface area contributed by atoms with E-state index in [9.17, 15) is 14.4 Å². The van der Waals surface area contributed by atoms with Gasteiger partial charge in [-0.1, -0.05) is 49.6 Å². The molecule has 2 aromatic rings. The maximum Gasteiger partial charge on any atom is 0.326 e. The zero-order valence-corrected chi connectivity index (χ0v) is 27.7. The molecule has 1 aromatic heterocycles. The maximum absolute atomic E-state index is 11.6. The van der Waals surface area contributed by atoms with Crippen LogP contribution in [-0.4, -0.2) is 89.2 Å². The van der Waals surface area contributed by atoms with Crippen molar-refractivity contribution >= 4 is 25.2 Å². The highest BCUT2D eigenvalue weighted by molar-refractivity contribution is 7.51. The van der Waals surface area contributed by atoms with E-state index in [1.165, 1.54) is 64.2 Å². The first kappa shape index (κ1) is 34.1. The van der Waals surface area contributed by atoms with Crippen molar-refractivity contribution in [1.82, 2.24) is 25.5 Å². The predicted molar refractivity (Wildman–Crippen MR) is 183 cm³/mol. The Bertz CT molecular complexity index is 1200. The minimum atomic E-state index is -4.08. The van der Waals surface area contributed by atoms with Crippen LogP contribution in [0.5, 0.6) is 0 Å². The van der Waals surface area contributed by atoms with Gasteiger partial charge in [0.15, 0.2) is 0 Å². The van der Waals surface area contributed by atoms with Crippen molar-refractivity contribution in [3.63, 3.8) is 0 Å². The molecule has 12 heteroatoms. The van der Waals surface area contributed by atoms with E-state index in [0.717, 1.165) is 49.5 Å². The third-order valence-electron chi connectivity index (χ3n) is 9.93. The highest BCUT2D eigenvalue weighted by Crippen LogP contribution is 2.36. The Morgan fingerprint density at radius 2 is 1.64 bits per heavy atom. The van der Waals surface area contributed by atoms with E-state index in [1.807, 2.05) is 24.3 Å². The SMILES string of the molecule is Nc1cc(N2CCN(CCP(=O)(O)O)C(c3ccccc3)C2)nc(NCC2CCC(CNCCCNC3CCCCC3)CC2)n1. The van der Waals surface area contributed by atoms with Crippen molar-refractivity contribution in [3.8, 4) is 0 Å². The van der Waals surface area contributed by atoms with Gasteiger partial charge in [0, 0.05) is 44.8 Å². The largest absolute Gasteiger partial charge is 0.383 e. The first-order valence-electron chi connectivity index (χ1n) is 17.2. The van der Waals surface area contributed by atoms with Crippen molar-refractivity contribution < 1.29 is 14.4 Å². The van der Waals surface area contributed by atoms with Crippen LogP contribution in [0.15, 0.2) is 36.4 Å². The molecule has 45 heavy (non-hydrogen) atoms. The first-order valence-corrected chi connectivity index (χ1v) is 19.0. The van der Waals surface area contributed by atoms with Crippen molar-refractivity contribution in [3.05, 3.63) is 42.0 Å². The molecule has 0 radical (unpaired) electrons. The van der Waals surface area contributed by atoms with E-state index in [2.05, 4.69) is 42.9 Å². The number of hydrogen-bond acceptors (Lipinski definition) is 9. The number of nitrogen functional groups attached to an aromatic ring is 1. The van der Waals surface area contributed by atoms with E-state index in [4.69, 9.17) is 10.7 Å². The molecule has 3 aliphatic rings. The smallest absolute Gasteiger partial charge is 0.326 e. The highest BCUT2D eigenvalue weighted by atomic mass is 31.2. The molecule has 1 saturated heterocycles. The number of aromatic nitrogens is 2. The average molecular weight is 643 g/mol. The molecule has 2 heterocycles. The summed E-state index contributed by atoms with van der Waals surface area (Å²) in [7, 11) is -4.08. The van der Waals surface area contributed by atoms with E-state index >= 15 is 0 Å². The fourth-order valence-electron chi connectivity index (χ4n) is 7.25. The molecule has 11 nitrogen and oxygen atoms in total. The van der Waals surface area contributed by atoms with Crippen LogP contribution in [0.4, 0.5) is 17.6 Å². The topological polar surface area (TPSA) is 152 Å². The lowest BCUT2D eigenvalue weighted by atomic mass is 9.82. The molecule has 1 aromatic carbocycles. The highest BCUT2D eigenvalue weighted by Gasteiger charge is 2.31. The first-order chi connectivity index (χ1) is 21.8. The van der Waals surface area contributed by atoms with Crippen molar-refractivity contribution in [2.45, 2.75) is 76.3 Å². The van der Waals surface area contributed by atoms with Crippen LogP contribution in [0.1, 0.15) is 75.8 Å². The molecule has 5 rings (SSSR count). The molecular weight excluding hydrogens is 587 g/mol. The Balaban J connectivity index is 1.05. The van der Waals surface area contributed by atoms with Crippen LogP contribution in [0.3, 0.4) is 0 Å². The fraction of sp³-hybridized carbons (Fsp3) is 0.697. The lowest BCUT2D eigenvalue weighted by Crippen LogP contribution is -2.49. The molecule has 1 atom stereocenters. The normalized spacial score (nSPS) is 23.7. The predicted octanol–water partition coefficient (Wildman–Crippen LogP) is 4.22. The van der Waals surface area contributed by atoms with E-state index in [1.54, 1.807) is 0 Å². The Labute approximate surface area is 269 Å². The molecule has 2 saturated carbocycles. The van der Waals surface area contributed by atoms with Gasteiger partial charge in [-0.25, -0.2) is 0 Å². The van der Waals surface area contributed by atoms with Crippen LogP contribution in [0, 0.1) is 11.8 Å². The zero-order valence-electron chi connectivity index (χ0n) is 26.8. The second-order valence-electron chi connectivity index (χ2n) is 13.4. The number of benzene rings is 1. The van der Waals surface area contributed by atoms with Gasteiger partial charge >= 0.3 is 7.60 Å². The van der Waals surface area contributed by atoms with Gasteiger partial charge < -0.3 is 36.4 Å². The lowest BCUT2D eigenvalue weighted by Gasteiger charge is -2.42. The summed E-state index contributed by atoms with van der Waals surface area (Å²) in [5.41, 5.74) is 7.37. The monoisotopic (exact) mass is 642 g/mol. The second kappa shape index (κ2) is 17.0. The molecule has 250 valence electrons. The van der Waals surface area contributed by atoms with Gasteiger partial charge in [0.05, 0.1) is 12.2 Å². The minimum absolute atomic E-state index is 0.0120. The van der Waals surface area contributed by atoms with E-state index in [0.29, 0.717) is 43.9 Å². The van der Waals surface area contributed by atoms with Gasteiger partial charge in [-0.15, -0.1) is 0 Å². The molecule has 1 unspecified atom stereocenters. The summed E-state index contributed by atoms with van der Waals surface area (Å²) in [5, 5.41) is 10.9. The summed E-state index contributed by atoms with van der Waals surface area (Å²) in [6, 6.07) is 12.7. The number of nitrogens with one attached hydrogen (secondary N) is 3. The lowest BCUT2D eigenvalue weighted by molar-refractivity contribution is 0.184. The number of nitrogens with two attached hydrogens (primary N) is 1. The van der Waals surface area contributed by atoms with Gasteiger partial charge in [0.25, 0.3) is 0 Å². The number of rotatable bonds is 15. The Hall–Kier alpha value is -2.27. The summed E-state index contributed by atoms with van der Waals surface area (Å²) in [4.78, 5) is 32.7. The summed E-state index contributed by atoms with van der Waals surface area (Å²) >= 11 is 0. The molecule has 7 N–H and O–H groups in total. The van der Waals surface area contributed by atoms with E-state index < -0.39 is 7.60 Å². The minimum Gasteiger partial charge on any atom is -0.383 e. The van der Waals surface area contributed by atoms with Gasteiger partial charge in [0.2, 0.25) is 5.95 Å². The average Bonchev–Trinajstić information content (AvgIpc) is 3.05. The zero-order chi connectivity index (χ0) is 31.5. The van der Waals surface area contributed by atoms with Crippen LogP contribution in [-0.2, 0) is 4.57 Å². The fourth-order valence-corrected chi connectivity index (χ4v) is 7.77. The van der Waals surface area contributed by atoms with Gasteiger partial charge in [-0.3, -0.25) is 9.46 Å². The van der Waals surface area contributed by atoms with Gasteiger partial charge in [-0.2, -0.15) is 9.97 Å². The van der Waals surface area contributed by atoms with Gasteiger partial charge in [0.1, 0.15) is 11.6 Å². The maximum atomic E-state index is 11.6.